The molecule has 2 aromatic carbocycles. The van der Waals surface area contributed by atoms with Crippen molar-refractivity contribution in [3.8, 4) is 0 Å². The highest BCUT2D eigenvalue weighted by Crippen LogP contribution is 2.32. The molecular weight excluding hydrogens is 598 g/mol. The molecule has 188 valence electrons. The lowest BCUT2D eigenvalue weighted by atomic mass is 10.0. The first-order chi connectivity index (χ1) is 16.3. The maximum absolute atomic E-state index is 13.0. The largest absolute Gasteiger partial charge is 0.416 e. The molecule has 0 bridgehead atoms. The minimum Gasteiger partial charge on any atom is -0.368 e. The Labute approximate surface area is 214 Å². The Bertz CT molecular complexity index is 1350. The summed E-state index contributed by atoms with van der Waals surface area (Å²) >= 11 is 1.81. The quantitative estimate of drug-likeness (QED) is 0.245. The molecule has 8 nitrogen and oxygen atoms in total. The normalized spacial score (nSPS) is 13.2. The third-order valence-corrected chi connectivity index (χ3v) is 7.48. The fourth-order valence-corrected chi connectivity index (χ4v) is 5.48. The Kier molecular flexibility index (Phi) is 8.21. The lowest BCUT2D eigenvalue weighted by Gasteiger charge is -2.21. The van der Waals surface area contributed by atoms with Crippen molar-refractivity contribution in [1.29, 1.82) is 0 Å². The van der Waals surface area contributed by atoms with Gasteiger partial charge in [0.2, 0.25) is 15.9 Å². The van der Waals surface area contributed by atoms with Crippen LogP contribution in [-0.4, -0.2) is 30.3 Å². The Morgan fingerprint density at radius 1 is 1.14 bits per heavy atom. The molecular formula is C22H23F3IN5O3S. The fourth-order valence-electron chi connectivity index (χ4n) is 3.39. The van der Waals surface area contributed by atoms with Crippen LogP contribution in [0.15, 0.2) is 47.4 Å². The summed E-state index contributed by atoms with van der Waals surface area (Å²) in [5, 5.41) is 3.63. The predicted octanol–water partition coefficient (Wildman–Crippen LogP) is 3.98. The molecule has 1 heterocycles. The molecule has 35 heavy (non-hydrogen) atoms. The number of hydrogen-bond donors (Lipinski definition) is 3. The minimum atomic E-state index is -4.59. The van der Waals surface area contributed by atoms with Gasteiger partial charge in [0.05, 0.1) is 22.5 Å². The van der Waals surface area contributed by atoms with Gasteiger partial charge in [0.25, 0.3) is 0 Å². The number of carbonyl (C=O) groups is 1. The van der Waals surface area contributed by atoms with Gasteiger partial charge in [0.15, 0.2) is 0 Å². The maximum Gasteiger partial charge on any atom is 0.416 e. The minimum absolute atomic E-state index is 0.0240. The fraction of sp³-hybridized carbons (Fsp3) is 0.318. The molecule has 4 N–H and O–H groups in total. The summed E-state index contributed by atoms with van der Waals surface area (Å²) in [5.74, 6) is -0.303. The molecule has 3 aromatic rings. The first-order valence-electron chi connectivity index (χ1n) is 10.4. The van der Waals surface area contributed by atoms with E-state index in [2.05, 4.69) is 20.0 Å². The third kappa shape index (κ3) is 6.38. The average Bonchev–Trinajstić information content (AvgIpc) is 2.79. The number of halogens is 4. The Morgan fingerprint density at radius 2 is 1.83 bits per heavy atom. The van der Waals surface area contributed by atoms with E-state index in [1.165, 1.54) is 0 Å². The van der Waals surface area contributed by atoms with Crippen molar-refractivity contribution in [2.45, 2.75) is 41.9 Å². The molecule has 1 aromatic heterocycles. The number of rotatable bonds is 9. The summed E-state index contributed by atoms with van der Waals surface area (Å²) < 4.78 is 67.4. The second-order valence-corrected chi connectivity index (χ2v) is 10.6. The van der Waals surface area contributed by atoms with Gasteiger partial charge in [-0.3, -0.25) is 4.79 Å². The van der Waals surface area contributed by atoms with E-state index in [-0.39, 0.29) is 33.2 Å². The SMILES string of the molecule is CC(C)[C@H](Nc1nc(CNS(=O)(=O)c2ccc(C(F)(F)F)cc2CI)nc2ccccc12)C(N)=O. The van der Waals surface area contributed by atoms with Crippen LogP contribution in [0.2, 0.25) is 0 Å². The summed E-state index contributed by atoms with van der Waals surface area (Å²) in [7, 11) is -4.18. The van der Waals surface area contributed by atoms with Crippen molar-refractivity contribution in [3.05, 3.63) is 59.4 Å². The van der Waals surface area contributed by atoms with E-state index in [9.17, 15) is 26.4 Å². The van der Waals surface area contributed by atoms with E-state index in [4.69, 9.17) is 5.73 Å². The lowest BCUT2D eigenvalue weighted by molar-refractivity contribution is -0.137. The van der Waals surface area contributed by atoms with Crippen molar-refractivity contribution in [2.24, 2.45) is 11.7 Å². The van der Waals surface area contributed by atoms with Gasteiger partial charge in [0.1, 0.15) is 17.7 Å². The van der Waals surface area contributed by atoms with Gasteiger partial charge in [0, 0.05) is 9.81 Å². The Balaban J connectivity index is 1.93. The molecule has 0 radical (unpaired) electrons. The smallest absolute Gasteiger partial charge is 0.368 e. The number of aromatic nitrogens is 2. The van der Waals surface area contributed by atoms with E-state index < -0.39 is 33.7 Å². The topological polar surface area (TPSA) is 127 Å². The number of benzene rings is 2. The van der Waals surface area contributed by atoms with Gasteiger partial charge in [-0.1, -0.05) is 48.6 Å². The number of amides is 1. The van der Waals surface area contributed by atoms with E-state index in [0.717, 1.165) is 18.2 Å². The van der Waals surface area contributed by atoms with Gasteiger partial charge < -0.3 is 11.1 Å². The van der Waals surface area contributed by atoms with Crippen LogP contribution in [0.3, 0.4) is 0 Å². The Morgan fingerprint density at radius 3 is 2.43 bits per heavy atom. The van der Waals surface area contributed by atoms with Crippen LogP contribution in [0.25, 0.3) is 10.9 Å². The van der Waals surface area contributed by atoms with Gasteiger partial charge in [-0.15, -0.1) is 0 Å². The molecule has 3 rings (SSSR count). The van der Waals surface area contributed by atoms with Crippen molar-refractivity contribution >= 4 is 55.2 Å². The number of nitrogens with one attached hydrogen (secondary N) is 2. The summed E-state index contributed by atoms with van der Waals surface area (Å²) in [5.41, 5.74) is 5.11. The molecule has 0 fully saturated rings. The molecule has 13 heteroatoms. The molecule has 0 saturated heterocycles. The van der Waals surface area contributed by atoms with Crippen LogP contribution in [0, 0.1) is 5.92 Å². The molecule has 0 aliphatic heterocycles. The number of anilines is 1. The molecule has 0 aliphatic rings. The third-order valence-electron chi connectivity index (χ3n) is 5.16. The van der Waals surface area contributed by atoms with Gasteiger partial charge in [-0.25, -0.2) is 23.1 Å². The number of alkyl halides is 4. The number of nitrogens with zero attached hydrogens (tertiary/aromatic N) is 2. The van der Waals surface area contributed by atoms with E-state index >= 15 is 0 Å². The molecule has 1 atom stereocenters. The van der Waals surface area contributed by atoms with Crippen LogP contribution in [0.5, 0.6) is 0 Å². The summed E-state index contributed by atoms with van der Waals surface area (Å²) in [6.07, 6.45) is -4.59. The van der Waals surface area contributed by atoms with Gasteiger partial charge in [-0.2, -0.15) is 13.2 Å². The van der Waals surface area contributed by atoms with E-state index in [1.54, 1.807) is 24.3 Å². The number of fused-ring (bicyclic) bond motifs is 1. The van der Waals surface area contributed by atoms with Crippen LogP contribution in [-0.2, 0) is 32.0 Å². The second kappa shape index (κ2) is 10.6. The molecule has 0 spiro atoms. The Hall–Kier alpha value is -2.52. The number of sulfonamides is 1. The van der Waals surface area contributed by atoms with Crippen molar-refractivity contribution < 1.29 is 26.4 Å². The van der Waals surface area contributed by atoms with E-state index in [0.29, 0.717) is 16.7 Å². The van der Waals surface area contributed by atoms with Crippen molar-refractivity contribution in [2.75, 3.05) is 5.32 Å². The van der Waals surface area contributed by atoms with Crippen LogP contribution >= 0.6 is 22.6 Å². The van der Waals surface area contributed by atoms with E-state index in [1.807, 2.05) is 36.4 Å². The van der Waals surface area contributed by atoms with Gasteiger partial charge >= 0.3 is 6.18 Å². The van der Waals surface area contributed by atoms with Crippen LogP contribution < -0.4 is 15.8 Å². The summed E-state index contributed by atoms with van der Waals surface area (Å²) in [6, 6.07) is 8.74. The predicted molar refractivity (Wildman–Crippen MR) is 134 cm³/mol. The van der Waals surface area contributed by atoms with Crippen molar-refractivity contribution in [3.63, 3.8) is 0 Å². The van der Waals surface area contributed by atoms with Crippen LogP contribution in [0.1, 0.15) is 30.8 Å². The van der Waals surface area contributed by atoms with Crippen molar-refractivity contribution in [1.82, 2.24) is 14.7 Å². The molecule has 0 unspecified atom stereocenters. The number of hydrogen-bond acceptors (Lipinski definition) is 6. The number of primary amides is 1. The average molecular weight is 621 g/mol. The monoisotopic (exact) mass is 621 g/mol. The standard InChI is InChI=1S/C22H23F3IN5O3S/c1-12(2)19(20(27)32)31-21-15-5-3-4-6-16(15)29-18(30-21)11-28-35(33,34)17-8-7-14(22(23,24)25)9-13(17)10-26/h3-9,12,19,28H,10-11H2,1-2H3,(H2,27,32)(H,29,30,31)/t19-/m0/s1. The first-order valence-corrected chi connectivity index (χ1v) is 13.4. The lowest BCUT2D eigenvalue weighted by Crippen LogP contribution is -2.40. The zero-order valence-electron chi connectivity index (χ0n) is 18.7. The van der Waals surface area contributed by atoms with Crippen LogP contribution in [0.4, 0.5) is 19.0 Å². The molecule has 1 amide bonds. The number of para-hydroxylation sites is 1. The maximum atomic E-state index is 13.0. The first kappa shape index (κ1) is 27.1. The number of nitrogens with two attached hydrogens (primary N) is 1. The highest BCUT2D eigenvalue weighted by atomic mass is 127. The summed E-state index contributed by atoms with van der Waals surface area (Å²) in [6.45, 7) is 3.30. The summed E-state index contributed by atoms with van der Waals surface area (Å²) in [4.78, 5) is 20.4. The second-order valence-electron chi connectivity index (χ2n) is 8.05. The zero-order chi connectivity index (χ0) is 26.0. The zero-order valence-corrected chi connectivity index (χ0v) is 21.7. The highest BCUT2D eigenvalue weighted by Gasteiger charge is 2.32. The molecule has 0 aliphatic carbocycles. The molecule has 0 saturated carbocycles. The number of carbonyl (C=O) groups excluding carboxylic acids is 1. The highest BCUT2D eigenvalue weighted by molar-refractivity contribution is 14.1. The van der Waals surface area contributed by atoms with Gasteiger partial charge in [-0.05, 0) is 41.8 Å².